The van der Waals surface area contributed by atoms with Gasteiger partial charge in [-0.1, -0.05) is 38.0 Å². The van der Waals surface area contributed by atoms with Crippen molar-refractivity contribution in [2.75, 3.05) is 29.4 Å². The van der Waals surface area contributed by atoms with Crippen molar-refractivity contribution < 1.29 is 9.59 Å². The lowest BCUT2D eigenvalue weighted by atomic mass is 9.78. The van der Waals surface area contributed by atoms with Gasteiger partial charge in [-0.3, -0.25) is 14.5 Å². The van der Waals surface area contributed by atoms with Crippen LogP contribution in [0.3, 0.4) is 0 Å². The Hall–Kier alpha value is -1.70. The van der Waals surface area contributed by atoms with Crippen LogP contribution in [0.1, 0.15) is 58.8 Å². The number of aromatic nitrogens is 2. The lowest BCUT2D eigenvalue weighted by molar-refractivity contribution is -0.126. The molecule has 28 heavy (non-hydrogen) atoms. The maximum Gasteiger partial charge on any atom is 0.228 e. The minimum absolute atomic E-state index is 0.000971. The van der Waals surface area contributed by atoms with Crippen LogP contribution >= 0.6 is 11.3 Å². The number of rotatable bonds is 4. The van der Waals surface area contributed by atoms with E-state index in [0.717, 1.165) is 43.9 Å². The summed E-state index contributed by atoms with van der Waals surface area (Å²) < 4.78 is 0. The number of hydrogen-bond donors (Lipinski definition) is 1. The summed E-state index contributed by atoms with van der Waals surface area (Å²) in [6.07, 6.45) is 6.95. The molecule has 154 valence electrons. The van der Waals surface area contributed by atoms with Gasteiger partial charge in [0.05, 0.1) is 5.92 Å². The van der Waals surface area contributed by atoms with Crippen LogP contribution in [0.15, 0.2) is 0 Å². The SMILES string of the molecule is C[C@H]1[C@H](C)CCC[C@@H]1NC(=O)[C@@H]1CCCN(c2nnc(N3CCCC3=O)s2)C1. The highest BCUT2D eigenvalue weighted by atomic mass is 32.1. The molecule has 2 amide bonds. The molecule has 2 aliphatic heterocycles. The number of carbonyl (C=O) groups is 2. The van der Waals surface area contributed by atoms with Gasteiger partial charge in [0, 0.05) is 32.1 Å². The van der Waals surface area contributed by atoms with Crippen molar-refractivity contribution in [3.05, 3.63) is 0 Å². The van der Waals surface area contributed by atoms with Crippen LogP contribution in [-0.4, -0.2) is 47.7 Å². The molecule has 3 fully saturated rings. The van der Waals surface area contributed by atoms with E-state index in [1.54, 1.807) is 4.90 Å². The van der Waals surface area contributed by atoms with Gasteiger partial charge in [-0.05, 0) is 37.5 Å². The Morgan fingerprint density at radius 2 is 1.89 bits per heavy atom. The van der Waals surface area contributed by atoms with E-state index in [9.17, 15) is 9.59 Å². The molecule has 4 atom stereocenters. The summed E-state index contributed by atoms with van der Waals surface area (Å²) in [6.45, 7) is 6.87. The summed E-state index contributed by atoms with van der Waals surface area (Å²) in [5.41, 5.74) is 0. The normalized spacial score (nSPS) is 31.3. The predicted octanol–water partition coefficient (Wildman–Crippen LogP) is 2.82. The molecule has 1 aromatic heterocycles. The number of carbonyl (C=O) groups excluding carboxylic acids is 2. The Morgan fingerprint density at radius 3 is 2.68 bits per heavy atom. The highest BCUT2D eigenvalue weighted by Crippen LogP contribution is 2.33. The molecular formula is C20H31N5O2S. The molecule has 0 unspecified atom stereocenters. The molecule has 0 aromatic carbocycles. The molecule has 8 heteroatoms. The van der Waals surface area contributed by atoms with Gasteiger partial charge in [0.25, 0.3) is 0 Å². The first-order valence-corrected chi connectivity index (χ1v) is 11.5. The zero-order valence-electron chi connectivity index (χ0n) is 16.9. The second-order valence-electron chi connectivity index (χ2n) is 8.68. The molecule has 1 saturated carbocycles. The van der Waals surface area contributed by atoms with Gasteiger partial charge < -0.3 is 10.2 Å². The van der Waals surface area contributed by atoms with Gasteiger partial charge in [0.2, 0.25) is 22.1 Å². The van der Waals surface area contributed by atoms with Gasteiger partial charge in [0.15, 0.2) is 0 Å². The van der Waals surface area contributed by atoms with E-state index < -0.39 is 0 Å². The molecule has 2 saturated heterocycles. The average molecular weight is 406 g/mol. The van der Waals surface area contributed by atoms with E-state index in [2.05, 4.69) is 34.3 Å². The Labute approximate surface area is 170 Å². The van der Waals surface area contributed by atoms with Crippen molar-refractivity contribution in [1.29, 1.82) is 0 Å². The highest BCUT2D eigenvalue weighted by molar-refractivity contribution is 7.19. The van der Waals surface area contributed by atoms with E-state index in [1.165, 1.54) is 24.2 Å². The Balaban J connectivity index is 1.37. The first kappa shape index (κ1) is 19.6. The van der Waals surface area contributed by atoms with Crippen molar-refractivity contribution in [3.8, 4) is 0 Å². The fourth-order valence-electron chi connectivity index (χ4n) is 4.75. The quantitative estimate of drug-likeness (QED) is 0.833. The average Bonchev–Trinajstić information content (AvgIpc) is 3.34. The standard InChI is InChI=1S/C20H31N5O2S/c1-13-6-3-8-16(14(13)2)21-18(27)15-7-4-10-24(12-15)19-22-23-20(28-19)25-11-5-9-17(25)26/h13-16H,3-12H2,1-2H3,(H,21,27)/t13-,14+,15-,16+/m1/s1. The molecule has 1 N–H and O–H groups in total. The van der Waals surface area contributed by atoms with Gasteiger partial charge in [-0.25, -0.2) is 0 Å². The summed E-state index contributed by atoms with van der Waals surface area (Å²) in [5.74, 6) is 1.54. The van der Waals surface area contributed by atoms with Crippen LogP contribution in [0, 0.1) is 17.8 Å². The number of piperidine rings is 1. The van der Waals surface area contributed by atoms with Crippen LogP contribution in [0.2, 0.25) is 0 Å². The predicted molar refractivity (Wildman–Crippen MR) is 111 cm³/mol. The second kappa shape index (κ2) is 8.35. The molecule has 1 aliphatic carbocycles. The number of anilines is 2. The van der Waals surface area contributed by atoms with Gasteiger partial charge >= 0.3 is 0 Å². The Kier molecular flexibility index (Phi) is 5.85. The first-order valence-electron chi connectivity index (χ1n) is 10.7. The molecule has 3 heterocycles. The van der Waals surface area contributed by atoms with Crippen molar-refractivity contribution >= 4 is 33.4 Å². The Morgan fingerprint density at radius 1 is 1.07 bits per heavy atom. The molecule has 4 rings (SSSR count). The molecule has 0 spiro atoms. The van der Waals surface area contributed by atoms with E-state index in [0.29, 0.717) is 36.0 Å². The summed E-state index contributed by atoms with van der Waals surface area (Å²) in [5, 5.41) is 13.4. The largest absolute Gasteiger partial charge is 0.353 e. The summed E-state index contributed by atoms with van der Waals surface area (Å²) in [4.78, 5) is 28.8. The lowest BCUT2D eigenvalue weighted by Crippen LogP contribution is -2.49. The fraction of sp³-hybridized carbons (Fsp3) is 0.800. The minimum Gasteiger partial charge on any atom is -0.353 e. The maximum absolute atomic E-state index is 12.9. The van der Waals surface area contributed by atoms with Crippen molar-refractivity contribution in [2.45, 2.75) is 64.8 Å². The minimum atomic E-state index is -0.000971. The van der Waals surface area contributed by atoms with Crippen LogP contribution in [0.4, 0.5) is 10.3 Å². The van der Waals surface area contributed by atoms with E-state index >= 15 is 0 Å². The third-order valence-corrected chi connectivity index (χ3v) is 7.81. The van der Waals surface area contributed by atoms with Crippen LogP contribution in [0.25, 0.3) is 0 Å². The molecule has 3 aliphatic rings. The monoisotopic (exact) mass is 405 g/mol. The zero-order chi connectivity index (χ0) is 19.7. The van der Waals surface area contributed by atoms with Gasteiger partial charge in [-0.2, -0.15) is 0 Å². The van der Waals surface area contributed by atoms with E-state index in [1.807, 2.05) is 0 Å². The summed E-state index contributed by atoms with van der Waals surface area (Å²) >= 11 is 1.47. The highest BCUT2D eigenvalue weighted by Gasteiger charge is 2.33. The Bertz CT molecular complexity index is 723. The molecule has 1 aromatic rings. The van der Waals surface area contributed by atoms with E-state index in [4.69, 9.17) is 0 Å². The second-order valence-corrected chi connectivity index (χ2v) is 9.62. The number of nitrogens with zero attached hydrogens (tertiary/aromatic N) is 4. The van der Waals surface area contributed by atoms with Crippen molar-refractivity contribution in [1.82, 2.24) is 15.5 Å². The zero-order valence-corrected chi connectivity index (χ0v) is 17.7. The van der Waals surface area contributed by atoms with E-state index in [-0.39, 0.29) is 17.7 Å². The topological polar surface area (TPSA) is 78.4 Å². The molecular weight excluding hydrogens is 374 g/mol. The number of amides is 2. The first-order chi connectivity index (χ1) is 13.5. The lowest BCUT2D eigenvalue weighted by Gasteiger charge is -2.37. The van der Waals surface area contributed by atoms with Crippen LogP contribution in [-0.2, 0) is 9.59 Å². The smallest absolute Gasteiger partial charge is 0.228 e. The van der Waals surface area contributed by atoms with Crippen molar-refractivity contribution in [3.63, 3.8) is 0 Å². The molecule has 0 bridgehead atoms. The van der Waals surface area contributed by atoms with Crippen LogP contribution in [0.5, 0.6) is 0 Å². The molecule has 7 nitrogen and oxygen atoms in total. The fourth-order valence-corrected chi connectivity index (χ4v) is 5.67. The van der Waals surface area contributed by atoms with Crippen LogP contribution < -0.4 is 15.1 Å². The number of hydrogen-bond acceptors (Lipinski definition) is 6. The number of nitrogens with one attached hydrogen (secondary N) is 1. The third-order valence-electron chi connectivity index (χ3n) is 6.81. The van der Waals surface area contributed by atoms with Gasteiger partial charge in [0.1, 0.15) is 0 Å². The van der Waals surface area contributed by atoms with Crippen molar-refractivity contribution in [2.24, 2.45) is 17.8 Å². The third kappa shape index (κ3) is 4.02. The maximum atomic E-state index is 12.9. The van der Waals surface area contributed by atoms with Gasteiger partial charge in [-0.15, -0.1) is 10.2 Å². The molecule has 0 radical (unpaired) electrons. The summed E-state index contributed by atoms with van der Waals surface area (Å²) in [6, 6.07) is 0.306. The summed E-state index contributed by atoms with van der Waals surface area (Å²) in [7, 11) is 0.